The number of rotatable bonds is 3. The molecule has 0 aromatic carbocycles. The molecule has 0 radical (unpaired) electrons. The molecule has 1 aliphatic heterocycles. The van der Waals surface area contributed by atoms with Crippen LogP contribution in [0.2, 0.25) is 0 Å². The predicted octanol–water partition coefficient (Wildman–Crippen LogP) is -2.12. The van der Waals surface area contributed by atoms with Crippen LogP contribution in [0.1, 0.15) is 13.3 Å². The third kappa shape index (κ3) is 3.70. The minimum absolute atomic E-state index is 0.00136. The fourth-order valence-electron chi connectivity index (χ4n) is 1.78. The van der Waals surface area contributed by atoms with E-state index in [1.807, 2.05) is 0 Å². The van der Waals surface area contributed by atoms with Crippen molar-refractivity contribution < 1.29 is 14.4 Å². The Hall–Kier alpha value is -1.63. The Morgan fingerprint density at radius 2 is 1.59 bits per heavy atom. The monoisotopic (exact) mass is 242 g/mol. The van der Waals surface area contributed by atoms with Crippen molar-refractivity contribution in [3.63, 3.8) is 0 Å². The molecule has 1 saturated heterocycles. The number of amides is 3. The maximum absolute atomic E-state index is 11.8. The largest absolute Gasteiger partial charge is 0.370 e. The second-order valence-electron chi connectivity index (χ2n) is 4.11. The molecule has 96 valence electrons. The zero-order chi connectivity index (χ0) is 13.0. The van der Waals surface area contributed by atoms with E-state index in [-0.39, 0.29) is 18.2 Å². The van der Waals surface area contributed by atoms with E-state index in [0.717, 1.165) is 0 Å². The molecule has 3 amide bonds. The predicted molar refractivity (Wildman–Crippen MR) is 60.6 cm³/mol. The highest BCUT2D eigenvalue weighted by atomic mass is 16.2. The van der Waals surface area contributed by atoms with Gasteiger partial charge >= 0.3 is 0 Å². The van der Waals surface area contributed by atoms with Gasteiger partial charge in [-0.15, -0.1) is 0 Å². The molecule has 0 spiro atoms. The van der Waals surface area contributed by atoms with Gasteiger partial charge in [0.1, 0.15) is 0 Å². The Balaban J connectivity index is 2.45. The van der Waals surface area contributed by atoms with Crippen LogP contribution in [0, 0.1) is 0 Å². The van der Waals surface area contributed by atoms with Crippen molar-refractivity contribution in [2.75, 3.05) is 26.2 Å². The summed E-state index contributed by atoms with van der Waals surface area (Å²) in [5.74, 6) is -0.876. The van der Waals surface area contributed by atoms with Gasteiger partial charge in [-0.25, -0.2) is 0 Å². The Labute approximate surface area is 99.7 Å². The van der Waals surface area contributed by atoms with Gasteiger partial charge in [0.25, 0.3) is 0 Å². The van der Waals surface area contributed by atoms with Gasteiger partial charge in [0.15, 0.2) is 0 Å². The van der Waals surface area contributed by atoms with E-state index in [0.29, 0.717) is 26.2 Å². The van der Waals surface area contributed by atoms with Gasteiger partial charge in [-0.05, 0) is 0 Å². The second-order valence-corrected chi connectivity index (χ2v) is 4.11. The van der Waals surface area contributed by atoms with Crippen molar-refractivity contribution in [3.05, 3.63) is 0 Å². The lowest BCUT2D eigenvalue weighted by atomic mass is 10.1. The first-order chi connectivity index (χ1) is 7.91. The number of nitrogens with two attached hydrogens (primary N) is 2. The minimum Gasteiger partial charge on any atom is -0.370 e. The standard InChI is InChI=1S/C10H18N4O3/c1-7(15)13-2-4-14(5-3-13)10(17)8(11)6-9(12)16/h8H,2-6,11H2,1H3,(H2,12,16). The third-order valence-corrected chi connectivity index (χ3v) is 2.77. The lowest BCUT2D eigenvalue weighted by Crippen LogP contribution is -2.54. The Kier molecular flexibility index (Phi) is 4.45. The fraction of sp³-hybridized carbons (Fsp3) is 0.700. The van der Waals surface area contributed by atoms with Gasteiger partial charge in [-0.1, -0.05) is 0 Å². The van der Waals surface area contributed by atoms with E-state index in [4.69, 9.17) is 11.5 Å². The average molecular weight is 242 g/mol. The maximum Gasteiger partial charge on any atom is 0.240 e. The van der Waals surface area contributed by atoms with Crippen molar-refractivity contribution in [1.29, 1.82) is 0 Å². The smallest absolute Gasteiger partial charge is 0.240 e. The van der Waals surface area contributed by atoms with Gasteiger partial charge in [-0.3, -0.25) is 14.4 Å². The second kappa shape index (κ2) is 5.62. The van der Waals surface area contributed by atoms with Gasteiger partial charge in [0.05, 0.1) is 12.5 Å². The lowest BCUT2D eigenvalue weighted by Gasteiger charge is -2.35. The summed E-state index contributed by atoms with van der Waals surface area (Å²) in [6, 6.07) is -0.878. The average Bonchev–Trinajstić information content (AvgIpc) is 2.27. The summed E-state index contributed by atoms with van der Waals surface area (Å²) in [4.78, 5) is 36.8. The van der Waals surface area contributed by atoms with Crippen LogP contribution in [0.4, 0.5) is 0 Å². The van der Waals surface area contributed by atoms with Crippen LogP contribution in [0.3, 0.4) is 0 Å². The summed E-state index contributed by atoms with van der Waals surface area (Å²) in [6.07, 6.45) is -0.147. The maximum atomic E-state index is 11.8. The SMILES string of the molecule is CC(=O)N1CCN(C(=O)C(N)CC(N)=O)CC1. The van der Waals surface area contributed by atoms with Gasteiger partial charge in [0.2, 0.25) is 17.7 Å². The van der Waals surface area contributed by atoms with E-state index < -0.39 is 11.9 Å². The summed E-state index contributed by atoms with van der Waals surface area (Å²) in [6.45, 7) is 3.40. The summed E-state index contributed by atoms with van der Waals surface area (Å²) in [5.41, 5.74) is 10.6. The van der Waals surface area contributed by atoms with Crippen molar-refractivity contribution in [1.82, 2.24) is 9.80 Å². The van der Waals surface area contributed by atoms with E-state index in [9.17, 15) is 14.4 Å². The molecule has 7 nitrogen and oxygen atoms in total. The molecule has 1 atom stereocenters. The van der Waals surface area contributed by atoms with E-state index in [1.54, 1.807) is 9.80 Å². The molecule has 0 aromatic rings. The molecule has 0 bridgehead atoms. The van der Waals surface area contributed by atoms with Crippen molar-refractivity contribution in [2.24, 2.45) is 11.5 Å². The molecule has 1 unspecified atom stereocenters. The summed E-state index contributed by atoms with van der Waals surface area (Å²) < 4.78 is 0. The number of carbonyl (C=O) groups is 3. The van der Waals surface area contributed by atoms with Crippen LogP contribution in [0.15, 0.2) is 0 Å². The van der Waals surface area contributed by atoms with E-state index in [2.05, 4.69) is 0 Å². The zero-order valence-corrected chi connectivity index (χ0v) is 9.89. The molecule has 7 heteroatoms. The molecular formula is C10H18N4O3. The van der Waals surface area contributed by atoms with Crippen molar-refractivity contribution in [3.8, 4) is 0 Å². The molecule has 1 fully saturated rings. The fourth-order valence-corrected chi connectivity index (χ4v) is 1.78. The molecule has 0 aliphatic carbocycles. The van der Waals surface area contributed by atoms with Gasteiger partial charge < -0.3 is 21.3 Å². The molecule has 0 aromatic heterocycles. The van der Waals surface area contributed by atoms with Crippen LogP contribution in [0.5, 0.6) is 0 Å². The molecule has 17 heavy (non-hydrogen) atoms. The summed E-state index contributed by atoms with van der Waals surface area (Å²) in [7, 11) is 0. The van der Waals surface area contributed by atoms with Gasteiger partial charge in [-0.2, -0.15) is 0 Å². The minimum atomic E-state index is -0.878. The highest BCUT2D eigenvalue weighted by Gasteiger charge is 2.26. The molecule has 1 heterocycles. The highest BCUT2D eigenvalue weighted by molar-refractivity contribution is 5.87. The number of carbonyl (C=O) groups excluding carboxylic acids is 3. The van der Waals surface area contributed by atoms with E-state index in [1.165, 1.54) is 6.92 Å². The van der Waals surface area contributed by atoms with Crippen LogP contribution in [0.25, 0.3) is 0 Å². The van der Waals surface area contributed by atoms with Crippen LogP contribution >= 0.6 is 0 Å². The van der Waals surface area contributed by atoms with Crippen molar-refractivity contribution >= 4 is 17.7 Å². The summed E-state index contributed by atoms with van der Waals surface area (Å²) >= 11 is 0. The number of hydrogen-bond donors (Lipinski definition) is 2. The quantitative estimate of drug-likeness (QED) is 0.589. The number of piperazine rings is 1. The molecule has 0 saturated carbocycles. The topological polar surface area (TPSA) is 110 Å². The zero-order valence-electron chi connectivity index (χ0n) is 9.89. The molecule has 1 aliphatic rings. The number of primary amides is 1. The van der Waals surface area contributed by atoms with Crippen LogP contribution in [-0.2, 0) is 14.4 Å². The van der Waals surface area contributed by atoms with Gasteiger partial charge in [0, 0.05) is 33.1 Å². The number of hydrogen-bond acceptors (Lipinski definition) is 4. The lowest BCUT2D eigenvalue weighted by molar-refractivity contribution is -0.140. The Morgan fingerprint density at radius 3 is 2.00 bits per heavy atom. The Bertz CT molecular complexity index is 324. The molecule has 4 N–H and O–H groups in total. The van der Waals surface area contributed by atoms with E-state index >= 15 is 0 Å². The number of nitrogens with zero attached hydrogens (tertiary/aromatic N) is 2. The van der Waals surface area contributed by atoms with Crippen LogP contribution < -0.4 is 11.5 Å². The molecular weight excluding hydrogens is 224 g/mol. The summed E-state index contributed by atoms with van der Waals surface area (Å²) in [5, 5.41) is 0. The normalized spacial score (nSPS) is 17.8. The Morgan fingerprint density at radius 1 is 1.12 bits per heavy atom. The highest BCUT2D eigenvalue weighted by Crippen LogP contribution is 2.04. The third-order valence-electron chi connectivity index (χ3n) is 2.77. The first-order valence-electron chi connectivity index (χ1n) is 5.50. The first-order valence-corrected chi connectivity index (χ1v) is 5.50. The molecule has 1 rings (SSSR count). The van der Waals surface area contributed by atoms with Crippen LogP contribution in [-0.4, -0.2) is 59.7 Å². The van der Waals surface area contributed by atoms with Crippen molar-refractivity contribution in [2.45, 2.75) is 19.4 Å². The first kappa shape index (κ1) is 13.4.